The van der Waals surface area contributed by atoms with Gasteiger partial charge in [-0.05, 0) is 11.6 Å². The van der Waals surface area contributed by atoms with Crippen molar-refractivity contribution < 1.29 is 33.3 Å². The number of ether oxygens (including phenoxy) is 4. The summed E-state index contributed by atoms with van der Waals surface area (Å²) in [6.45, 7) is 3.39. The van der Waals surface area contributed by atoms with Gasteiger partial charge in [0.25, 0.3) is 0 Å². The number of nitrogen functional groups attached to an aromatic ring is 1. The highest BCUT2D eigenvalue weighted by Crippen LogP contribution is 2.36. The number of imidazole rings is 1. The van der Waals surface area contributed by atoms with Crippen LogP contribution in [-0.2, 0) is 33.3 Å². The topological polar surface area (TPSA) is 158 Å². The van der Waals surface area contributed by atoms with Gasteiger partial charge in [0.2, 0.25) is 5.28 Å². The first kappa shape index (κ1) is 20.7. The molecule has 1 aliphatic rings. The molecule has 3 rings (SSSR count). The molecule has 156 valence electrons. The van der Waals surface area contributed by atoms with E-state index in [1.54, 1.807) is 0 Å². The maximum absolute atomic E-state index is 11.7. The molecule has 4 atom stereocenters. The van der Waals surface area contributed by atoms with Crippen LogP contribution in [0.1, 0.15) is 27.0 Å². The summed E-state index contributed by atoms with van der Waals surface area (Å²) in [5.74, 6) is -1.77. The zero-order valence-corrected chi connectivity index (χ0v) is 16.5. The second-order valence-electron chi connectivity index (χ2n) is 6.22. The van der Waals surface area contributed by atoms with E-state index >= 15 is 0 Å². The average Bonchev–Trinajstić information content (AvgIpc) is 3.15. The summed E-state index contributed by atoms with van der Waals surface area (Å²) in [6, 6.07) is 0. The number of fused-ring (bicyclic) bond motifs is 1. The Bertz CT molecular complexity index is 965. The second kappa shape index (κ2) is 8.17. The Balaban J connectivity index is 2.04. The van der Waals surface area contributed by atoms with Crippen molar-refractivity contribution in [3.8, 4) is 0 Å². The van der Waals surface area contributed by atoms with Crippen molar-refractivity contribution in [1.29, 1.82) is 0 Å². The molecule has 0 aliphatic carbocycles. The Morgan fingerprint density at radius 3 is 2.41 bits per heavy atom. The van der Waals surface area contributed by atoms with E-state index in [0.717, 1.165) is 0 Å². The highest BCUT2D eigenvalue weighted by atomic mass is 35.5. The van der Waals surface area contributed by atoms with Gasteiger partial charge in [-0.1, -0.05) is 0 Å². The zero-order chi connectivity index (χ0) is 21.3. The molecular weight excluding hydrogens is 410 g/mol. The van der Waals surface area contributed by atoms with Crippen LogP contribution in [0.5, 0.6) is 0 Å². The number of esters is 3. The van der Waals surface area contributed by atoms with Gasteiger partial charge in [0.05, 0.1) is 6.33 Å². The van der Waals surface area contributed by atoms with Gasteiger partial charge < -0.3 is 24.7 Å². The van der Waals surface area contributed by atoms with Crippen LogP contribution in [0.3, 0.4) is 0 Å². The molecule has 2 N–H and O–H groups in total. The van der Waals surface area contributed by atoms with Crippen LogP contribution in [0.4, 0.5) is 5.82 Å². The van der Waals surface area contributed by atoms with Crippen LogP contribution in [0, 0.1) is 0 Å². The molecule has 2 aromatic rings. The number of halogens is 1. The van der Waals surface area contributed by atoms with E-state index in [1.165, 1.54) is 31.7 Å². The number of anilines is 1. The molecule has 3 heterocycles. The maximum Gasteiger partial charge on any atom is 0.303 e. The zero-order valence-electron chi connectivity index (χ0n) is 15.7. The Kier molecular flexibility index (Phi) is 5.84. The average molecular weight is 428 g/mol. The summed E-state index contributed by atoms with van der Waals surface area (Å²) >= 11 is 5.89. The van der Waals surface area contributed by atoms with E-state index in [4.69, 9.17) is 36.3 Å². The van der Waals surface area contributed by atoms with Crippen molar-refractivity contribution in [2.75, 3.05) is 12.3 Å². The van der Waals surface area contributed by atoms with Crippen molar-refractivity contribution in [2.45, 2.75) is 45.3 Å². The van der Waals surface area contributed by atoms with Crippen molar-refractivity contribution in [1.82, 2.24) is 19.5 Å². The highest BCUT2D eigenvalue weighted by molar-refractivity contribution is 6.28. The molecule has 2 aromatic heterocycles. The van der Waals surface area contributed by atoms with E-state index in [2.05, 4.69) is 15.0 Å². The van der Waals surface area contributed by atoms with Crippen LogP contribution in [-0.4, -0.2) is 62.3 Å². The van der Waals surface area contributed by atoms with E-state index in [1.807, 2.05) is 0 Å². The number of rotatable bonds is 5. The minimum atomic E-state index is -1.08. The first-order valence-electron chi connectivity index (χ1n) is 8.46. The molecule has 0 spiro atoms. The largest absolute Gasteiger partial charge is 0.463 e. The summed E-state index contributed by atoms with van der Waals surface area (Å²) < 4.78 is 23.0. The third-order valence-electron chi connectivity index (χ3n) is 4.04. The predicted octanol–water partition coefficient (Wildman–Crippen LogP) is 0.386. The number of nitrogens with two attached hydrogens (primary N) is 1. The van der Waals surface area contributed by atoms with Gasteiger partial charge in [0.1, 0.15) is 18.2 Å². The lowest BCUT2D eigenvalue weighted by Gasteiger charge is -2.23. The van der Waals surface area contributed by atoms with Crippen molar-refractivity contribution in [3.05, 3.63) is 11.6 Å². The number of carbonyl (C=O) groups excluding carboxylic acids is 3. The number of aromatic nitrogens is 4. The standard InChI is InChI=1S/C16H18ClN5O7/c1-6(23)26-4-9-11(27-7(2)24)12(28-8(3)25)15(29-9)22-5-19-10-13(18)20-16(17)21-14(10)22/h5,9,11-12,15H,4H2,1-3H3,(H2,18,20,21)/t9-,11+,12?,15-/m1/s1. The molecule has 0 radical (unpaired) electrons. The van der Waals surface area contributed by atoms with Crippen LogP contribution >= 0.6 is 11.6 Å². The van der Waals surface area contributed by atoms with E-state index < -0.39 is 42.4 Å². The Labute approximate surface area is 169 Å². The Morgan fingerprint density at radius 2 is 1.79 bits per heavy atom. The van der Waals surface area contributed by atoms with Crippen molar-refractivity contribution in [2.24, 2.45) is 0 Å². The van der Waals surface area contributed by atoms with Gasteiger partial charge in [0, 0.05) is 20.8 Å². The molecule has 1 aliphatic heterocycles. The molecule has 12 nitrogen and oxygen atoms in total. The minimum absolute atomic E-state index is 0.0498. The van der Waals surface area contributed by atoms with Gasteiger partial charge in [-0.25, -0.2) is 4.98 Å². The summed E-state index contributed by atoms with van der Waals surface area (Å²) in [5.41, 5.74) is 6.30. The fourth-order valence-electron chi connectivity index (χ4n) is 3.01. The molecule has 0 aromatic carbocycles. The number of nitrogens with zero attached hydrogens (tertiary/aromatic N) is 4. The van der Waals surface area contributed by atoms with Crippen LogP contribution in [0.25, 0.3) is 11.2 Å². The highest BCUT2D eigenvalue weighted by Gasteiger charge is 2.51. The number of hydrogen-bond donors (Lipinski definition) is 1. The fraction of sp³-hybridized carbons (Fsp3) is 0.500. The lowest BCUT2D eigenvalue weighted by molar-refractivity contribution is -0.166. The van der Waals surface area contributed by atoms with Crippen molar-refractivity contribution in [3.63, 3.8) is 0 Å². The van der Waals surface area contributed by atoms with Crippen molar-refractivity contribution >= 4 is 46.5 Å². The molecule has 13 heteroatoms. The van der Waals surface area contributed by atoms with Crippen LogP contribution in [0.2, 0.25) is 5.28 Å². The summed E-state index contributed by atoms with van der Waals surface area (Å²) in [7, 11) is 0. The minimum Gasteiger partial charge on any atom is -0.463 e. The molecular formula is C16H18ClN5O7. The fourth-order valence-corrected chi connectivity index (χ4v) is 3.18. The maximum atomic E-state index is 11.7. The Hall–Kier alpha value is -2.99. The molecule has 1 unspecified atom stereocenters. The molecule has 1 fully saturated rings. The first-order valence-corrected chi connectivity index (χ1v) is 8.84. The predicted molar refractivity (Wildman–Crippen MR) is 96.4 cm³/mol. The first-order chi connectivity index (χ1) is 13.7. The third kappa shape index (κ3) is 4.38. The van der Waals surface area contributed by atoms with E-state index in [0.29, 0.717) is 0 Å². The van der Waals surface area contributed by atoms with E-state index in [9.17, 15) is 14.4 Å². The summed E-state index contributed by atoms with van der Waals surface area (Å²) in [6.07, 6.45) is -2.70. The molecule has 0 saturated carbocycles. The molecule has 1 saturated heterocycles. The van der Waals surface area contributed by atoms with Gasteiger partial charge in [0.15, 0.2) is 29.9 Å². The Morgan fingerprint density at radius 1 is 1.14 bits per heavy atom. The van der Waals surface area contributed by atoms with Gasteiger partial charge in [-0.15, -0.1) is 0 Å². The number of carbonyl (C=O) groups is 3. The molecule has 0 bridgehead atoms. The lowest BCUT2D eigenvalue weighted by atomic mass is 10.1. The third-order valence-corrected chi connectivity index (χ3v) is 4.20. The summed E-state index contributed by atoms with van der Waals surface area (Å²) in [4.78, 5) is 46.6. The van der Waals surface area contributed by atoms with Crippen LogP contribution in [0.15, 0.2) is 6.33 Å². The van der Waals surface area contributed by atoms with Gasteiger partial charge in [-0.3, -0.25) is 19.0 Å². The normalized spacial score (nSPS) is 23.7. The molecule has 0 amide bonds. The van der Waals surface area contributed by atoms with Gasteiger partial charge in [-0.2, -0.15) is 9.97 Å². The van der Waals surface area contributed by atoms with E-state index in [-0.39, 0.29) is 28.9 Å². The molecule has 29 heavy (non-hydrogen) atoms. The number of hydrogen-bond acceptors (Lipinski definition) is 11. The second-order valence-corrected chi connectivity index (χ2v) is 6.56. The monoisotopic (exact) mass is 427 g/mol. The quantitative estimate of drug-likeness (QED) is 0.399. The smallest absolute Gasteiger partial charge is 0.303 e. The summed E-state index contributed by atoms with van der Waals surface area (Å²) in [5, 5.41) is -0.119. The lowest BCUT2D eigenvalue weighted by Crippen LogP contribution is -2.40. The van der Waals surface area contributed by atoms with Crippen LogP contribution < -0.4 is 5.73 Å². The van der Waals surface area contributed by atoms with Gasteiger partial charge >= 0.3 is 17.9 Å². The SMILES string of the molecule is CC(=O)OC[C@H]1O[C@@H](n2cnc3c(N)nc(Cl)nc32)C(OC(C)=O)[C@H]1OC(C)=O.